The molecule has 1 atom stereocenters. The van der Waals surface area contributed by atoms with Crippen LogP contribution in [0, 0.1) is 13.8 Å². The Kier molecular flexibility index (Phi) is 5.52. The van der Waals surface area contributed by atoms with Crippen LogP contribution in [0.5, 0.6) is 0 Å². The number of aliphatic hydroxyl groups is 1. The van der Waals surface area contributed by atoms with Gasteiger partial charge in [-0.25, -0.2) is 0 Å². The number of aliphatic hydroxyl groups excluding tert-OH is 1. The number of hydrogen-bond donors (Lipinski definition) is 3. The van der Waals surface area contributed by atoms with Gasteiger partial charge in [0.05, 0.1) is 21.1 Å². The Labute approximate surface area is 145 Å². The smallest absolute Gasteiger partial charge is 0.120 e. The molecule has 0 heterocycles. The standard InChI is InChI=1S/C20H30N3O/c1-14-10-16(6-8-19(14)21)17-7-9-20(15(2)11-17)22-12-18(24)13-23(3,4)5/h6-11,18,22,24H,12-13,21H2,1-5H3/q+1. The Morgan fingerprint density at radius 3 is 2.12 bits per heavy atom. The highest BCUT2D eigenvalue weighted by Gasteiger charge is 2.15. The quantitative estimate of drug-likeness (QED) is 0.564. The molecule has 2 aromatic rings. The average molecular weight is 328 g/mol. The third-order valence-electron chi connectivity index (χ3n) is 4.12. The van der Waals surface area contributed by atoms with Crippen LogP contribution in [0.15, 0.2) is 36.4 Å². The molecule has 4 nitrogen and oxygen atoms in total. The number of nitrogen functional groups attached to an aromatic ring is 1. The molecule has 130 valence electrons. The van der Waals surface area contributed by atoms with Crippen molar-refractivity contribution in [2.24, 2.45) is 0 Å². The van der Waals surface area contributed by atoms with E-state index in [4.69, 9.17) is 5.73 Å². The molecular formula is C20H30N3O+. The van der Waals surface area contributed by atoms with Crippen molar-refractivity contribution in [3.05, 3.63) is 47.5 Å². The van der Waals surface area contributed by atoms with E-state index in [1.165, 1.54) is 16.7 Å². The molecule has 0 saturated heterocycles. The Morgan fingerprint density at radius 1 is 1.00 bits per heavy atom. The summed E-state index contributed by atoms with van der Waals surface area (Å²) in [7, 11) is 6.24. The Balaban J connectivity index is 2.08. The fraction of sp³-hybridized carbons (Fsp3) is 0.400. The Morgan fingerprint density at radius 2 is 1.58 bits per heavy atom. The van der Waals surface area contributed by atoms with E-state index in [9.17, 15) is 5.11 Å². The fourth-order valence-electron chi connectivity index (χ4n) is 2.82. The van der Waals surface area contributed by atoms with Gasteiger partial charge >= 0.3 is 0 Å². The molecule has 0 aliphatic rings. The first-order valence-corrected chi connectivity index (χ1v) is 8.35. The molecule has 2 rings (SSSR count). The van der Waals surface area contributed by atoms with Crippen molar-refractivity contribution in [2.45, 2.75) is 20.0 Å². The van der Waals surface area contributed by atoms with Gasteiger partial charge in [0, 0.05) is 17.9 Å². The van der Waals surface area contributed by atoms with Gasteiger partial charge in [-0.05, 0) is 60.4 Å². The van der Waals surface area contributed by atoms with Gasteiger partial charge in [0.15, 0.2) is 0 Å². The first-order valence-electron chi connectivity index (χ1n) is 8.35. The molecule has 1 unspecified atom stereocenters. The lowest BCUT2D eigenvalue weighted by Gasteiger charge is -2.27. The molecule has 2 aromatic carbocycles. The van der Waals surface area contributed by atoms with E-state index in [-0.39, 0.29) is 6.10 Å². The van der Waals surface area contributed by atoms with E-state index in [2.05, 4.69) is 63.7 Å². The zero-order valence-corrected chi connectivity index (χ0v) is 15.4. The number of nitrogens with one attached hydrogen (secondary N) is 1. The predicted molar refractivity (Wildman–Crippen MR) is 103 cm³/mol. The highest BCUT2D eigenvalue weighted by molar-refractivity contribution is 5.71. The number of likely N-dealkylation sites (N-methyl/N-ethyl adjacent to an activating group) is 1. The summed E-state index contributed by atoms with van der Waals surface area (Å²) < 4.78 is 0.747. The highest BCUT2D eigenvalue weighted by Crippen LogP contribution is 2.27. The fourth-order valence-corrected chi connectivity index (χ4v) is 2.82. The Bertz CT molecular complexity index is 705. The van der Waals surface area contributed by atoms with Crippen molar-refractivity contribution in [1.82, 2.24) is 0 Å². The van der Waals surface area contributed by atoms with Gasteiger partial charge in [-0.15, -0.1) is 0 Å². The van der Waals surface area contributed by atoms with Crippen molar-refractivity contribution >= 4 is 11.4 Å². The number of benzene rings is 2. The van der Waals surface area contributed by atoms with Gasteiger partial charge in [-0.3, -0.25) is 0 Å². The topological polar surface area (TPSA) is 58.3 Å². The number of quaternary nitrogens is 1. The van der Waals surface area contributed by atoms with Gasteiger partial charge in [0.25, 0.3) is 0 Å². The number of nitrogens with two attached hydrogens (primary N) is 1. The van der Waals surface area contributed by atoms with Crippen LogP contribution in [0.25, 0.3) is 11.1 Å². The molecule has 0 spiro atoms. The third-order valence-corrected chi connectivity index (χ3v) is 4.12. The lowest BCUT2D eigenvalue weighted by Crippen LogP contribution is -2.43. The number of hydrogen-bond acceptors (Lipinski definition) is 3. The van der Waals surface area contributed by atoms with Crippen LogP contribution in [0.3, 0.4) is 0 Å². The number of nitrogens with zero attached hydrogens (tertiary/aromatic N) is 1. The van der Waals surface area contributed by atoms with Crippen LogP contribution in [0.4, 0.5) is 11.4 Å². The van der Waals surface area contributed by atoms with Crippen LogP contribution in [0.1, 0.15) is 11.1 Å². The summed E-state index contributed by atoms with van der Waals surface area (Å²) >= 11 is 0. The molecule has 4 N–H and O–H groups in total. The summed E-state index contributed by atoms with van der Waals surface area (Å²) in [6, 6.07) is 12.5. The van der Waals surface area contributed by atoms with Crippen LogP contribution >= 0.6 is 0 Å². The van der Waals surface area contributed by atoms with Crippen molar-refractivity contribution in [1.29, 1.82) is 0 Å². The molecule has 4 heteroatoms. The van der Waals surface area contributed by atoms with Crippen LogP contribution < -0.4 is 11.1 Å². The second kappa shape index (κ2) is 7.24. The second-order valence-electron chi connectivity index (χ2n) is 7.61. The molecule has 0 aromatic heterocycles. The summed E-state index contributed by atoms with van der Waals surface area (Å²) in [4.78, 5) is 0. The molecule has 0 saturated carbocycles. The minimum atomic E-state index is -0.371. The summed E-state index contributed by atoms with van der Waals surface area (Å²) in [5.74, 6) is 0. The molecule has 24 heavy (non-hydrogen) atoms. The van der Waals surface area contributed by atoms with E-state index in [0.29, 0.717) is 6.54 Å². The molecule has 0 bridgehead atoms. The predicted octanol–water partition coefficient (Wildman–Crippen LogP) is 3.03. The van der Waals surface area contributed by atoms with E-state index >= 15 is 0 Å². The van der Waals surface area contributed by atoms with Crippen molar-refractivity contribution in [2.75, 3.05) is 45.3 Å². The number of anilines is 2. The lowest BCUT2D eigenvalue weighted by atomic mass is 10.00. The minimum absolute atomic E-state index is 0.371. The van der Waals surface area contributed by atoms with Gasteiger partial charge in [-0.2, -0.15) is 0 Å². The summed E-state index contributed by atoms with van der Waals surface area (Å²) in [5, 5.41) is 13.5. The van der Waals surface area contributed by atoms with E-state index in [1.54, 1.807) is 0 Å². The molecule has 0 fully saturated rings. The first kappa shape index (κ1) is 18.3. The Hall–Kier alpha value is -2.04. The SMILES string of the molecule is Cc1cc(-c2ccc(NCC(O)C[N+](C)(C)C)c(C)c2)ccc1N. The molecule has 0 radical (unpaired) electrons. The third kappa shape index (κ3) is 4.98. The average Bonchev–Trinajstić information content (AvgIpc) is 2.47. The summed E-state index contributed by atoms with van der Waals surface area (Å²) in [5.41, 5.74) is 12.4. The van der Waals surface area contributed by atoms with E-state index in [1.807, 2.05) is 13.0 Å². The van der Waals surface area contributed by atoms with Crippen LogP contribution in [0.2, 0.25) is 0 Å². The normalized spacial score (nSPS) is 12.9. The molecule has 0 aliphatic heterocycles. The van der Waals surface area contributed by atoms with Gasteiger partial charge in [-0.1, -0.05) is 12.1 Å². The van der Waals surface area contributed by atoms with Gasteiger partial charge < -0.3 is 20.6 Å². The minimum Gasteiger partial charge on any atom is -0.399 e. The van der Waals surface area contributed by atoms with Crippen molar-refractivity contribution in [3.8, 4) is 11.1 Å². The summed E-state index contributed by atoms with van der Waals surface area (Å²) in [6.07, 6.45) is -0.371. The highest BCUT2D eigenvalue weighted by atomic mass is 16.3. The zero-order valence-electron chi connectivity index (χ0n) is 15.4. The maximum atomic E-state index is 10.1. The molecular weight excluding hydrogens is 298 g/mol. The monoisotopic (exact) mass is 328 g/mol. The molecule has 0 amide bonds. The van der Waals surface area contributed by atoms with Crippen LogP contribution in [-0.2, 0) is 0 Å². The van der Waals surface area contributed by atoms with Crippen LogP contribution in [-0.4, -0.2) is 49.9 Å². The number of aryl methyl sites for hydroxylation is 2. The van der Waals surface area contributed by atoms with E-state index < -0.39 is 0 Å². The molecule has 0 aliphatic carbocycles. The zero-order chi connectivity index (χ0) is 17.9. The maximum absolute atomic E-state index is 10.1. The van der Waals surface area contributed by atoms with Crippen molar-refractivity contribution in [3.63, 3.8) is 0 Å². The van der Waals surface area contributed by atoms with Gasteiger partial charge in [0.1, 0.15) is 12.6 Å². The maximum Gasteiger partial charge on any atom is 0.120 e. The summed E-state index contributed by atoms with van der Waals surface area (Å²) in [6.45, 7) is 5.38. The first-order chi connectivity index (χ1) is 11.2. The largest absolute Gasteiger partial charge is 0.399 e. The van der Waals surface area contributed by atoms with Gasteiger partial charge in [0.2, 0.25) is 0 Å². The lowest BCUT2D eigenvalue weighted by molar-refractivity contribution is -0.873. The van der Waals surface area contributed by atoms with E-state index in [0.717, 1.165) is 28.0 Å². The second-order valence-corrected chi connectivity index (χ2v) is 7.61. The number of rotatable bonds is 6. The van der Waals surface area contributed by atoms with Crippen molar-refractivity contribution < 1.29 is 9.59 Å².